The van der Waals surface area contributed by atoms with Crippen molar-refractivity contribution >= 4 is 15.9 Å². The van der Waals surface area contributed by atoms with Gasteiger partial charge in [-0.1, -0.05) is 13.8 Å². The first-order valence-corrected chi connectivity index (χ1v) is 11.0. The molecule has 1 aliphatic heterocycles. The van der Waals surface area contributed by atoms with Crippen molar-refractivity contribution in [1.82, 2.24) is 9.21 Å². The van der Waals surface area contributed by atoms with Crippen molar-refractivity contribution in [1.29, 1.82) is 0 Å². The molecule has 2 fully saturated rings. The van der Waals surface area contributed by atoms with Crippen LogP contribution in [0.15, 0.2) is 23.1 Å². The summed E-state index contributed by atoms with van der Waals surface area (Å²) in [7, 11) is -2.16. The number of hydrogen-bond donors (Lipinski definition) is 1. The average Bonchev–Trinajstić information content (AvgIpc) is 3.23. The Labute approximate surface area is 161 Å². The third kappa shape index (κ3) is 3.58. The summed E-state index contributed by atoms with van der Waals surface area (Å²) in [6.07, 6.45) is 2.06. The molecule has 3 unspecified atom stereocenters. The van der Waals surface area contributed by atoms with Crippen LogP contribution in [0.5, 0.6) is 5.75 Å². The molecule has 1 saturated heterocycles. The van der Waals surface area contributed by atoms with E-state index in [1.165, 1.54) is 23.5 Å². The Morgan fingerprint density at radius 1 is 1.26 bits per heavy atom. The number of carbonyl (C=O) groups is 1. The van der Waals surface area contributed by atoms with Crippen LogP contribution in [0.3, 0.4) is 0 Å². The Balaban J connectivity index is 1.92. The molecule has 3 rings (SSSR count). The molecule has 0 spiro atoms. The van der Waals surface area contributed by atoms with E-state index in [2.05, 4.69) is 0 Å². The lowest BCUT2D eigenvalue weighted by molar-refractivity contribution is 0.0776. The molecule has 2 aliphatic rings. The number of nitrogens with two attached hydrogens (primary N) is 1. The molecule has 3 atom stereocenters. The molecule has 1 amide bonds. The van der Waals surface area contributed by atoms with E-state index < -0.39 is 10.0 Å². The lowest BCUT2D eigenvalue weighted by Crippen LogP contribution is -2.34. The normalized spacial score (nSPS) is 25.1. The van der Waals surface area contributed by atoms with Crippen LogP contribution in [0, 0.1) is 11.8 Å². The van der Waals surface area contributed by atoms with Gasteiger partial charge < -0.3 is 15.4 Å². The summed E-state index contributed by atoms with van der Waals surface area (Å²) < 4.78 is 32.4. The number of methoxy groups -OCH3 is 1. The summed E-state index contributed by atoms with van der Waals surface area (Å²) in [5.74, 6) is 0.977. The molecular weight excluding hydrogens is 366 g/mol. The maximum atomic E-state index is 13.1. The predicted molar refractivity (Wildman–Crippen MR) is 103 cm³/mol. The lowest BCUT2D eigenvalue weighted by Gasteiger charge is -2.22. The SMILES string of the molecule is CCN(CC)S(=O)(=O)c1ccc(OC)c(C(=O)N2CC3CCC(N)C3C2)c1. The largest absolute Gasteiger partial charge is 0.496 e. The van der Waals surface area contributed by atoms with E-state index >= 15 is 0 Å². The second-order valence-electron chi connectivity index (χ2n) is 7.33. The van der Waals surface area contributed by atoms with Crippen LogP contribution >= 0.6 is 0 Å². The van der Waals surface area contributed by atoms with Crippen molar-refractivity contribution in [3.63, 3.8) is 0 Å². The van der Waals surface area contributed by atoms with Gasteiger partial charge in [-0.25, -0.2) is 8.42 Å². The Morgan fingerprint density at radius 3 is 2.56 bits per heavy atom. The molecule has 0 aromatic heterocycles. The summed E-state index contributed by atoms with van der Waals surface area (Å²) in [6.45, 7) is 5.64. The minimum Gasteiger partial charge on any atom is -0.496 e. The average molecular weight is 396 g/mol. The minimum absolute atomic E-state index is 0.117. The molecule has 1 saturated carbocycles. The van der Waals surface area contributed by atoms with Crippen molar-refractivity contribution in [2.24, 2.45) is 17.6 Å². The van der Waals surface area contributed by atoms with Crippen molar-refractivity contribution in [3.8, 4) is 5.75 Å². The van der Waals surface area contributed by atoms with E-state index in [1.807, 2.05) is 0 Å². The number of rotatable bonds is 6. The summed E-state index contributed by atoms with van der Waals surface area (Å²) in [4.78, 5) is 15.1. The zero-order valence-electron chi connectivity index (χ0n) is 16.2. The number of benzene rings is 1. The Bertz CT molecular complexity index is 807. The van der Waals surface area contributed by atoms with Crippen LogP contribution in [-0.2, 0) is 10.0 Å². The summed E-state index contributed by atoms with van der Waals surface area (Å²) in [5.41, 5.74) is 6.47. The number of likely N-dealkylation sites (tertiary alicyclic amines) is 1. The fraction of sp³-hybridized carbons (Fsp3) is 0.632. The first-order valence-electron chi connectivity index (χ1n) is 9.56. The Kier molecular flexibility index (Phi) is 5.79. The van der Waals surface area contributed by atoms with Crippen LogP contribution in [0.1, 0.15) is 37.0 Å². The molecule has 27 heavy (non-hydrogen) atoms. The molecule has 0 radical (unpaired) electrons. The first-order chi connectivity index (χ1) is 12.8. The molecule has 1 aromatic carbocycles. The number of hydrogen-bond acceptors (Lipinski definition) is 5. The molecule has 1 aliphatic carbocycles. The maximum absolute atomic E-state index is 13.1. The fourth-order valence-electron chi connectivity index (χ4n) is 4.37. The zero-order chi connectivity index (χ0) is 19.8. The van der Waals surface area contributed by atoms with Crippen LogP contribution in [-0.4, -0.2) is 62.9 Å². The number of carbonyl (C=O) groups excluding carboxylic acids is 1. The predicted octanol–water partition coefficient (Wildman–Crippen LogP) is 1.54. The zero-order valence-corrected chi connectivity index (χ0v) is 17.0. The van der Waals surface area contributed by atoms with Gasteiger partial charge in [0.05, 0.1) is 17.6 Å². The summed E-state index contributed by atoms with van der Waals surface area (Å²) in [5, 5.41) is 0. The Morgan fingerprint density at radius 2 is 1.96 bits per heavy atom. The van der Waals surface area contributed by atoms with Crippen LogP contribution in [0.25, 0.3) is 0 Å². The van der Waals surface area contributed by atoms with Gasteiger partial charge in [0.15, 0.2) is 0 Å². The van der Waals surface area contributed by atoms with Crippen LogP contribution in [0.4, 0.5) is 0 Å². The second-order valence-corrected chi connectivity index (χ2v) is 9.26. The molecule has 0 bridgehead atoms. The third-order valence-corrected chi connectivity index (χ3v) is 7.99. The number of nitrogens with zero attached hydrogens (tertiary/aromatic N) is 2. The summed E-state index contributed by atoms with van der Waals surface area (Å²) in [6, 6.07) is 4.65. The molecule has 1 aromatic rings. The Hall–Kier alpha value is -1.64. The molecule has 7 nitrogen and oxygen atoms in total. The van der Waals surface area contributed by atoms with E-state index in [4.69, 9.17) is 10.5 Å². The van der Waals surface area contributed by atoms with Crippen molar-refractivity contribution in [2.75, 3.05) is 33.3 Å². The van der Waals surface area contributed by atoms with E-state index in [1.54, 1.807) is 24.8 Å². The molecule has 1 heterocycles. The molecule has 150 valence electrons. The smallest absolute Gasteiger partial charge is 0.257 e. The first kappa shape index (κ1) is 20.1. The molecular formula is C19H29N3O4S. The minimum atomic E-state index is -3.64. The highest BCUT2D eigenvalue weighted by Crippen LogP contribution is 2.38. The van der Waals surface area contributed by atoms with Gasteiger partial charge in [0, 0.05) is 32.2 Å². The second kappa shape index (κ2) is 7.77. The number of fused-ring (bicyclic) bond motifs is 1. The monoisotopic (exact) mass is 395 g/mol. The topological polar surface area (TPSA) is 92.9 Å². The maximum Gasteiger partial charge on any atom is 0.257 e. The summed E-state index contributed by atoms with van der Waals surface area (Å²) >= 11 is 0. The van der Waals surface area contributed by atoms with Gasteiger partial charge in [0.25, 0.3) is 5.91 Å². The van der Waals surface area contributed by atoms with Gasteiger partial charge in [-0.15, -0.1) is 0 Å². The lowest BCUT2D eigenvalue weighted by atomic mass is 9.98. The van der Waals surface area contributed by atoms with Crippen LogP contribution < -0.4 is 10.5 Å². The van der Waals surface area contributed by atoms with Gasteiger partial charge in [0.1, 0.15) is 5.75 Å². The van der Waals surface area contributed by atoms with Gasteiger partial charge in [-0.3, -0.25) is 4.79 Å². The number of sulfonamides is 1. The third-order valence-electron chi connectivity index (χ3n) is 5.94. The van der Waals surface area contributed by atoms with Crippen molar-refractivity contribution in [3.05, 3.63) is 23.8 Å². The van der Waals surface area contributed by atoms with Crippen LogP contribution in [0.2, 0.25) is 0 Å². The van der Waals surface area contributed by atoms with Gasteiger partial charge in [0.2, 0.25) is 10.0 Å². The van der Waals surface area contributed by atoms with Gasteiger partial charge >= 0.3 is 0 Å². The standard InChI is InChI=1S/C19H29N3O4S/c1-4-22(5-2)27(24,25)14-7-9-18(26-3)15(10-14)19(23)21-11-13-6-8-17(20)16(13)12-21/h7,9-10,13,16-17H,4-6,8,11-12,20H2,1-3H3. The number of amides is 1. The van der Waals surface area contributed by atoms with E-state index in [9.17, 15) is 13.2 Å². The van der Waals surface area contributed by atoms with E-state index in [0.29, 0.717) is 49.3 Å². The quantitative estimate of drug-likeness (QED) is 0.789. The highest BCUT2D eigenvalue weighted by Gasteiger charge is 2.43. The van der Waals surface area contributed by atoms with Gasteiger partial charge in [-0.2, -0.15) is 4.31 Å². The van der Waals surface area contributed by atoms with E-state index in [0.717, 1.165) is 12.8 Å². The molecule has 2 N–H and O–H groups in total. The highest BCUT2D eigenvalue weighted by molar-refractivity contribution is 7.89. The highest BCUT2D eigenvalue weighted by atomic mass is 32.2. The molecule has 8 heteroatoms. The van der Waals surface area contributed by atoms with Crippen molar-refractivity contribution < 1.29 is 17.9 Å². The fourth-order valence-corrected chi connectivity index (χ4v) is 5.86. The van der Waals surface area contributed by atoms with E-state index in [-0.39, 0.29) is 16.8 Å². The number of ether oxygens (including phenoxy) is 1. The van der Waals surface area contributed by atoms with Crippen molar-refractivity contribution in [2.45, 2.75) is 37.6 Å². The van der Waals surface area contributed by atoms with Gasteiger partial charge in [-0.05, 0) is 42.9 Å².